The minimum atomic E-state index is -0.711. The summed E-state index contributed by atoms with van der Waals surface area (Å²) in [6.45, 7) is 1.46. The second kappa shape index (κ2) is 3.51. The zero-order valence-electron chi connectivity index (χ0n) is 7.41. The smallest absolute Gasteiger partial charge is 0.137 e. The second-order valence-electron chi connectivity index (χ2n) is 2.69. The van der Waals surface area contributed by atoms with Crippen molar-refractivity contribution in [3.05, 3.63) is 29.3 Å². The largest absolute Gasteiger partial charge is 0.387 e. The lowest BCUT2D eigenvalue weighted by Gasteiger charge is -2.08. The van der Waals surface area contributed by atoms with E-state index in [9.17, 15) is 8.78 Å². The molecule has 1 rings (SSSR count). The standard InChI is InChI=1S/C9H10F2N2/c1-5(12)9-7(11)3-6(10)4-8(9)13-2/h3-4,12-13H,1-2H3. The maximum Gasteiger partial charge on any atom is 0.137 e. The Morgan fingerprint density at radius 1 is 1.38 bits per heavy atom. The molecule has 1 aromatic rings. The van der Waals surface area contributed by atoms with E-state index in [1.54, 1.807) is 7.05 Å². The van der Waals surface area contributed by atoms with Gasteiger partial charge in [-0.2, -0.15) is 0 Å². The number of anilines is 1. The summed E-state index contributed by atoms with van der Waals surface area (Å²) in [4.78, 5) is 0. The average Bonchev–Trinajstić information content (AvgIpc) is 2.01. The second-order valence-corrected chi connectivity index (χ2v) is 2.69. The predicted octanol–water partition coefficient (Wildman–Crippen LogP) is 2.39. The molecule has 0 heterocycles. The summed E-state index contributed by atoms with van der Waals surface area (Å²) in [6, 6.07) is 1.94. The molecule has 0 aliphatic rings. The van der Waals surface area contributed by atoms with Crippen molar-refractivity contribution in [3.63, 3.8) is 0 Å². The summed E-state index contributed by atoms with van der Waals surface area (Å²) < 4.78 is 25.8. The highest BCUT2D eigenvalue weighted by Gasteiger charge is 2.11. The highest BCUT2D eigenvalue weighted by molar-refractivity contribution is 6.01. The summed E-state index contributed by atoms with van der Waals surface area (Å²) in [7, 11) is 1.56. The van der Waals surface area contributed by atoms with Gasteiger partial charge >= 0.3 is 0 Å². The number of halogens is 2. The van der Waals surface area contributed by atoms with E-state index in [-0.39, 0.29) is 11.3 Å². The molecule has 4 heteroatoms. The topological polar surface area (TPSA) is 35.9 Å². The molecule has 0 bridgehead atoms. The number of benzene rings is 1. The fourth-order valence-electron chi connectivity index (χ4n) is 1.15. The third-order valence-electron chi connectivity index (χ3n) is 1.70. The Bertz CT molecular complexity index is 348. The normalized spacial score (nSPS) is 9.85. The Kier molecular flexibility index (Phi) is 2.60. The molecule has 1 aromatic carbocycles. The molecule has 0 aliphatic carbocycles. The van der Waals surface area contributed by atoms with E-state index in [1.807, 2.05) is 0 Å². The van der Waals surface area contributed by atoms with Gasteiger partial charge in [0.2, 0.25) is 0 Å². The average molecular weight is 184 g/mol. The first-order chi connectivity index (χ1) is 6.06. The monoisotopic (exact) mass is 184 g/mol. The number of hydrogen-bond acceptors (Lipinski definition) is 2. The van der Waals surface area contributed by atoms with Gasteiger partial charge in [0.15, 0.2) is 0 Å². The van der Waals surface area contributed by atoms with Gasteiger partial charge < -0.3 is 10.7 Å². The number of rotatable bonds is 2. The van der Waals surface area contributed by atoms with Crippen LogP contribution in [-0.2, 0) is 0 Å². The molecule has 0 saturated carbocycles. The van der Waals surface area contributed by atoms with Crippen LogP contribution in [0.15, 0.2) is 12.1 Å². The first kappa shape index (κ1) is 9.64. The van der Waals surface area contributed by atoms with Gasteiger partial charge in [-0.05, 0) is 13.0 Å². The van der Waals surface area contributed by atoms with Crippen molar-refractivity contribution in [2.24, 2.45) is 0 Å². The summed E-state index contributed by atoms with van der Waals surface area (Å²) in [5.41, 5.74) is 0.482. The van der Waals surface area contributed by atoms with E-state index in [0.717, 1.165) is 12.1 Å². The van der Waals surface area contributed by atoms with Crippen molar-refractivity contribution in [2.75, 3.05) is 12.4 Å². The first-order valence-electron chi connectivity index (χ1n) is 3.78. The highest BCUT2D eigenvalue weighted by Crippen LogP contribution is 2.20. The van der Waals surface area contributed by atoms with Crippen LogP contribution >= 0.6 is 0 Å². The SMILES string of the molecule is CNc1cc(F)cc(F)c1C(C)=N. The van der Waals surface area contributed by atoms with Crippen molar-refractivity contribution in [2.45, 2.75) is 6.92 Å². The first-order valence-corrected chi connectivity index (χ1v) is 3.78. The third kappa shape index (κ3) is 1.83. The maximum atomic E-state index is 13.1. The maximum absolute atomic E-state index is 13.1. The molecule has 0 unspecified atom stereocenters. The molecule has 0 atom stereocenters. The van der Waals surface area contributed by atoms with E-state index in [0.29, 0.717) is 5.69 Å². The molecule has 0 aromatic heterocycles. The minimum Gasteiger partial charge on any atom is -0.387 e. The molecule has 70 valence electrons. The summed E-state index contributed by atoms with van der Waals surface area (Å²) >= 11 is 0. The quantitative estimate of drug-likeness (QED) is 0.680. The van der Waals surface area contributed by atoms with Crippen molar-refractivity contribution in [3.8, 4) is 0 Å². The van der Waals surface area contributed by atoms with E-state index in [2.05, 4.69) is 5.32 Å². The molecule has 0 spiro atoms. The summed E-state index contributed by atoms with van der Waals surface area (Å²) in [5, 5.41) is 9.93. The van der Waals surface area contributed by atoms with Crippen LogP contribution in [-0.4, -0.2) is 12.8 Å². The van der Waals surface area contributed by atoms with Crippen LogP contribution in [0.5, 0.6) is 0 Å². The van der Waals surface area contributed by atoms with Crippen molar-refractivity contribution >= 4 is 11.4 Å². The molecule has 0 saturated heterocycles. The van der Waals surface area contributed by atoms with Gasteiger partial charge in [0, 0.05) is 24.5 Å². The zero-order chi connectivity index (χ0) is 10.0. The van der Waals surface area contributed by atoms with Crippen molar-refractivity contribution < 1.29 is 8.78 Å². The fraction of sp³-hybridized carbons (Fsp3) is 0.222. The molecule has 0 fully saturated rings. The molecule has 2 N–H and O–H groups in total. The highest BCUT2D eigenvalue weighted by atomic mass is 19.1. The van der Waals surface area contributed by atoms with Crippen LogP contribution in [0.2, 0.25) is 0 Å². The number of nitrogens with one attached hydrogen (secondary N) is 2. The van der Waals surface area contributed by atoms with Crippen molar-refractivity contribution in [1.82, 2.24) is 0 Å². The van der Waals surface area contributed by atoms with Crippen LogP contribution in [0, 0.1) is 17.0 Å². The summed E-state index contributed by atoms with van der Waals surface area (Å²) in [6.07, 6.45) is 0. The lowest BCUT2D eigenvalue weighted by atomic mass is 10.1. The van der Waals surface area contributed by atoms with E-state index in [1.165, 1.54) is 6.92 Å². The van der Waals surface area contributed by atoms with Crippen LogP contribution in [0.4, 0.5) is 14.5 Å². The summed E-state index contributed by atoms with van der Waals surface area (Å²) in [5.74, 6) is -1.36. The Labute approximate surface area is 75.1 Å². The third-order valence-corrected chi connectivity index (χ3v) is 1.70. The number of hydrogen-bond donors (Lipinski definition) is 2. The van der Waals surface area contributed by atoms with E-state index in [4.69, 9.17) is 5.41 Å². The van der Waals surface area contributed by atoms with Gasteiger partial charge in [-0.1, -0.05) is 0 Å². The van der Waals surface area contributed by atoms with Gasteiger partial charge in [0.05, 0.1) is 5.56 Å². The van der Waals surface area contributed by atoms with Gasteiger partial charge in [-0.25, -0.2) is 8.78 Å². The van der Waals surface area contributed by atoms with Crippen LogP contribution in [0.1, 0.15) is 12.5 Å². The Morgan fingerprint density at radius 3 is 2.46 bits per heavy atom. The molecule has 0 aliphatic heterocycles. The van der Waals surface area contributed by atoms with Crippen molar-refractivity contribution in [1.29, 1.82) is 5.41 Å². The van der Waals surface area contributed by atoms with Gasteiger partial charge in [0.1, 0.15) is 11.6 Å². The lowest BCUT2D eigenvalue weighted by molar-refractivity contribution is 0.582. The molecule has 13 heavy (non-hydrogen) atoms. The lowest BCUT2D eigenvalue weighted by Crippen LogP contribution is -2.04. The molecule has 0 radical (unpaired) electrons. The molecular weight excluding hydrogens is 174 g/mol. The Balaban J connectivity index is 3.38. The van der Waals surface area contributed by atoms with Gasteiger partial charge in [-0.3, -0.25) is 0 Å². The Hall–Kier alpha value is -1.45. The molecule has 2 nitrogen and oxygen atoms in total. The predicted molar refractivity (Wildman–Crippen MR) is 48.4 cm³/mol. The van der Waals surface area contributed by atoms with Crippen LogP contribution < -0.4 is 5.32 Å². The molecule has 0 amide bonds. The zero-order valence-corrected chi connectivity index (χ0v) is 7.41. The Morgan fingerprint density at radius 2 is 2.00 bits per heavy atom. The van der Waals surface area contributed by atoms with E-state index >= 15 is 0 Å². The molecular formula is C9H10F2N2. The fourth-order valence-corrected chi connectivity index (χ4v) is 1.15. The minimum absolute atomic E-state index is 0.0712. The van der Waals surface area contributed by atoms with E-state index < -0.39 is 11.6 Å². The van der Waals surface area contributed by atoms with Gasteiger partial charge in [0.25, 0.3) is 0 Å². The van der Waals surface area contributed by atoms with Crippen LogP contribution in [0.25, 0.3) is 0 Å². The van der Waals surface area contributed by atoms with Gasteiger partial charge in [-0.15, -0.1) is 0 Å². The van der Waals surface area contributed by atoms with Crippen LogP contribution in [0.3, 0.4) is 0 Å².